The van der Waals surface area contributed by atoms with Crippen molar-refractivity contribution in [1.82, 2.24) is 10.6 Å². The van der Waals surface area contributed by atoms with Gasteiger partial charge in [0.05, 0.1) is 12.3 Å². The molecule has 0 aromatic carbocycles. The largest absolute Gasteiger partial charge is 0.373 e. The third kappa shape index (κ3) is 3.17. The molecule has 2 N–H and O–H groups in total. The van der Waals surface area contributed by atoms with E-state index in [1.54, 1.807) is 0 Å². The van der Waals surface area contributed by atoms with E-state index in [4.69, 9.17) is 0 Å². The van der Waals surface area contributed by atoms with Gasteiger partial charge >= 0.3 is 0 Å². The molecule has 1 fully saturated rings. The van der Waals surface area contributed by atoms with Gasteiger partial charge in [0, 0.05) is 18.3 Å². The Morgan fingerprint density at radius 2 is 2.57 bits per heavy atom. The highest BCUT2D eigenvalue weighted by Gasteiger charge is 2.13. The van der Waals surface area contributed by atoms with Crippen LogP contribution in [0.25, 0.3) is 0 Å². The van der Waals surface area contributed by atoms with Crippen LogP contribution in [-0.2, 0) is 0 Å². The lowest BCUT2D eigenvalue weighted by Crippen LogP contribution is -2.33. The first-order chi connectivity index (χ1) is 6.95. The number of hydrogen-bond donors (Lipinski definition) is 2. The molecular formula is C10H19N3S. The molecule has 3 nitrogen and oxygen atoms in total. The van der Waals surface area contributed by atoms with E-state index in [9.17, 15) is 0 Å². The maximum absolute atomic E-state index is 4.46. The van der Waals surface area contributed by atoms with Crippen molar-refractivity contribution < 1.29 is 0 Å². The maximum Gasteiger partial charge on any atom is 0.106 e. The van der Waals surface area contributed by atoms with Crippen LogP contribution in [0, 0.1) is 0 Å². The average Bonchev–Trinajstić information content (AvgIpc) is 2.72. The van der Waals surface area contributed by atoms with Crippen LogP contribution in [0.4, 0.5) is 0 Å². The minimum Gasteiger partial charge on any atom is -0.373 e. The van der Waals surface area contributed by atoms with E-state index in [2.05, 4.69) is 15.6 Å². The summed E-state index contributed by atoms with van der Waals surface area (Å²) in [5.41, 5.74) is 0. The molecule has 14 heavy (non-hydrogen) atoms. The second-order valence-corrected chi connectivity index (χ2v) is 4.99. The Balaban J connectivity index is 1.59. The minimum atomic E-state index is 0.749. The summed E-state index contributed by atoms with van der Waals surface area (Å²) >= 11 is 1.98. The van der Waals surface area contributed by atoms with Gasteiger partial charge in [-0.3, -0.25) is 4.99 Å². The fraction of sp³-hybridized carbons (Fsp3) is 0.900. The summed E-state index contributed by atoms with van der Waals surface area (Å²) in [5.74, 6) is 3.48. The van der Waals surface area contributed by atoms with Crippen LogP contribution in [-0.4, -0.2) is 43.0 Å². The summed E-state index contributed by atoms with van der Waals surface area (Å²) < 4.78 is 0. The molecule has 0 radical (unpaired) electrons. The highest BCUT2D eigenvalue weighted by Crippen LogP contribution is 2.08. The summed E-state index contributed by atoms with van der Waals surface area (Å²) in [6.45, 7) is 3.28. The highest BCUT2D eigenvalue weighted by molar-refractivity contribution is 8.00. The zero-order chi connectivity index (χ0) is 9.64. The molecule has 0 saturated carbocycles. The quantitative estimate of drug-likeness (QED) is 0.730. The Kier molecular flexibility index (Phi) is 4.13. The number of amidine groups is 1. The Morgan fingerprint density at radius 1 is 1.57 bits per heavy atom. The zero-order valence-corrected chi connectivity index (χ0v) is 9.41. The van der Waals surface area contributed by atoms with Gasteiger partial charge in [-0.1, -0.05) is 0 Å². The van der Waals surface area contributed by atoms with Crippen molar-refractivity contribution >= 4 is 17.6 Å². The number of nitrogens with zero attached hydrogens (tertiary/aromatic N) is 1. The van der Waals surface area contributed by atoms with E-state index in [1.807, 2.05) is 11.8 Å². The summed E-state index contributed by atoms with van der Waals surface area (Å²) in [6.07, 6.45) is 3.94. The Morgan fingerprint density at radius 3 is 3.29 bits per heavy atom. The van der Waals surface area contributed by atoms with Crippen molar-refractivity contribution in [1.29, 1.82) is 0 Å². The van der Waals surface area contributed by atoms with Crippen molar-refractivity contribution in [3.63, 3.8) is 0 Å². The van der Waals surface area contributed by atoms with Gasteiger partial charge in [0.15, 0.2) is 0 Å². The third-order valence-corrected chi connectivity index (χ3v) is 3.71. The van der Waals surface area contributed by atoms with E-state index >= 15 is 0 Å². The Bertz CT molecular complexity index is 200. The van der Waals surface area contributed by atoms with E-state index < -0.39 is 0 Å². The second-order valence-electron chi connectivity index (χ2n) is 3.89. The van der Waals surface area contributed by atoms with Gasteiger partial charge in [-0.05, 0) is 25.8 Å². The number of nitrogens with one attached hydrogen (secondary N) is 2. The number of aliphatic imine (C=N–C) groups is 1. The predicted molar refractivity (Wildman–Crippen MR) is 63.3 cm³/mol. The lowest BCUT2D eigenvalue weighted by atomic mass is 10.1. The maximum atomic E-state index is 4.46. The van der Waals surface area contributed by atoms with Gasteiger partial charge in [0.25, 0.3) is 0 Å². The van der Waals surface area contributed by atoms with Crippen LogP contribution >= 0.6 is 11.8 Å². The summed E-state index contributed by atoms with van der Waals surface area (Å²) in [4.78, 5) is 4.46. The topological polar surface area (TPSA) is 36.4 Å². The van der Waals surface area contributed by atoms with E-state index in [0.717, 1.165) is 24.9 Å². The molecule has 4 heteroatoms. The van der Waals surface area contributed by atoms with E-state index in [0.29, 0.717) is 0 Å². The molecule has 2 aliphatic heterocycles. The second kappa shape index (κ2) is 5.61. The van der Waals surface area contributed by atoms with Crippen LogP contribution in [0.2, 0.25) is 0 Å². The van der Waals surface area contributed by atoms with E-state index in [1.165, 1.54) is 37.4 Å². The number of thioether (sulfide) groups is 1. The number of hydrogen-bond acceptors (Lipinski definition) is 4. The van der Waals surface area contributed by atoms with Gasteiger partial charge in [-0.15, -0.1) is 0 Å². The molecule has 0 aliphatic carbocycles. The smallest absolute Gasteiger partial charge is 0.106 e. The molecule has 2 aliphatic rings. The SMILES string of the molecule is C1CNC(CCNC2=NCCSC2)C1. The first-order valence-electron chi connectivity index (χ1n) is 5.53. The van der Waals surface area contributed by atoms with Crippen LogP contribution in [0.1, 0.15) is 19.3 Å². The molecule has 1 atom stereocenters. The fourth-order valence-electron chi connectivity index (χ4n) is 1.96. The van der Waals surface area contributed by atoms with Gasteiger partial charge in [0.1, 0.15) is 5.84 Å². The molecule has 2 heterocycles. The first kappa shape index (κ1) is 10.3. The molecular weight excluding hydrogens is 194 g/mol. The lowest BCUT2D eigenvalue weighted by molar-refractivity contribution is 0.553. The lowest BCUT2D eigenvalue weighted by Gasteiger charge is -2.15. The predicted octanol–water partition coefficient (Wildman–Crippen LogP) is 0.863. The number of rotatable bonds is 3. The van der Waals surface area contributed by atoms with Crippen molar-refractivity contribution in [2.45, 2.75) is 25.3 Å². The van der Waals surface area contributed by atoms with Crippen molar-refractivity contribution in [2.75, 3.05) is 31.1 Å². The monoisotopic (exact) mass is 213 g/mol. The van der Waals surface area contributed by atoms with Crippen LogP contribution < -0.4 is 10.6 Å². The van der Waals surface area contributed by atoms with Gasteiger partial charge in [0.2, 0.25) is 0 Å². The fourth-order valence-corrected chi connectivity index (χ4v) is 2.71. The molecule has 80 valence electrons. The Labute approximate surface area is 90.1 Å². The highest BCUT2D eigenvalue weighted by atomic mass is 32.2. The summed E-state index contributed by atoms with van der Waals surface area (Å²) in [5, 5.41) is 6.95. The van der Waals surface area contributed by atoms with Crippen LogP contribution in [0.3, 0.4) is 0 Å². The molecule has 0 aromatic heterocycles. The standard InChI is InChI=1S/C10H19N3S/c1-2-9(11-4-1)3-5-12-10-8-14-7-6-13-10/h9,11H,1-8H2,(H,12,13). The summed E-state index contributed by atoms with van der Waals surface area (Å²) in [7, 11) is 0. The van der Waals surface area contributed by atoms with E-state index in [-0.39, 0.29) is 0 Å². The molecule has 0 spiro atoms. The molecule has 1 unspecified atom stereocenters. The van der Waals surface area contributed by atoms with Gasteiger partial charge < -0.3 is 10.6 Å². The molecule has 0 amide bonds. The van der Waals surface area contributed by atoms with Crippen molar-refractivity contribution in [3.8, 4) is 0 Å². The zero-order valence-electron chi connectivity index (χ0n) is 8.59. The van der Waals surface area contributed by atoms with Crippen molar-refractivity contribution in [3.05, 3.63) is 0 Å². The Hall–Kier alpha value is -0.220. The van der Waals surface area contributed by atoms with Gasteiger partial charge in [-0.2, -0.15) is 11.8 Å². The molecule has 1 saturated heterocycles. The molecule has 0 aromatic rings. The van der Waals surface area contributed by atoms with Crippen LogP contribution in [0.15, 0.2) is 4.99 Å². The van der Waals surface area contributed by atoms with Crippen LogP contribution in [0.5, 0.6) is 0 Å². The average molecular weight is 213 g/mol. The van der Waals surface area contributed by atoms with Crippen molar-refractivity contribution in [2.24, 2.45) is 4.99 Å². The third-order valence-electron chi connectivity index (χ3n) is 2.76. The molecule has 2 rings (SSSR count). The summed E-state index contributed by atoms with van der Waals surface area (Å²) in [6, 6.07) is 0.749. The normalized spacial score (nSPS) is 27.4. The molecule has 0 bridgehead atoms. The first-order valence-corrected chi connectivity index (χ1v) is 6.69. The van der Waals surface area contributed by atoms with Gasteiger partial charge in [-0.25, -0.2) is 0 Å². The minimum absolute atomic E-state index is 0.749.